The summed E-state index contributed by atoms with van der Waals surface area (Å²) in [6.45, 7) is 4.19. The van der Waals surface area contributed by atoms with Crippen molar-refractivity contribution in [2.24, 2.45) is 11.8 Å². The number of benzene rings is 1. The Bertz CT molecular complexity index is 425. The standard InChI is InChI=1S/C16H22O4/c1-12(2)10-14(16(18)19)8-9-15(17)20-11-13-6-4-3-5-7-13/h3-7,12,14H,8-11H2,1-2H3,(H,18,19)/t14-/m1/s1. The summed E-state index contributed by atoms with van der Waals surface area (Å²) in [4.78, 5) is 22.7. The second-order valence-electron chi connectivity index (χ2n) is 5.35. The largest absolute Gasteiger partial charge is 0.481 e. The number of aliphatic carboxylic acids is 1. The van der Waals surface area contributed by atoms with E-state index >= 15 is 0 Å². The van der Waals surface area contributed by atoms with Gasteiger partial charge in [-0.2, -0.15) is 0 Å². The molecule has 0 aliphatic heterocycles. The monoisotopic (exact) mass is 278 g/mol. The fourth-order valence-corrected chi connectivity index (χ4v) is 2.01. The van der Waals surface area contributed by atoms with Crippen LogP contribution >= 0.6 is 0 Å². The minimum Gasteiger partial charge on any atom is -0.481 e. The van der Waals surface area contributed by atoms with Gasteiger partial charge in [-0.1, -0.05) is 44.2 Å². The molecule has 0 unspecified atom stereocenters. The molecule has 1 N–H and O–H groups in total. The van der Waals surface area contributed by atoms with Crippen LogP contribution in [0.15, 0.2) is 30.3 Å². The third-order valence-corrected chi connectivity index (χ3v) is 3.04. The van der Waals surface area contributed by atoms with Gasteiger partial charge >= 0.3 is 11.9 Å². The van der Waals surface area contributed by atoms with Crippen molar-refractivity contribution in [3.05, 3.63) is 35.9 Å². The Labute approximate surface area is 119 Å². The molecular formula is C16H22O4. The molecule has 0 saturated carbocycles. The fourth-order valence-electron chi connectivity index (χ4n) is 2.01. The molecule has 0 aliphatic carbocycles. The SMILES string of the molecule is CC(C)C[C@@H](CCC(=O)OCc1ccccc1)C(=O)O. The maximum atomic E-state index is 11.6. The zero-order valence-corrected chi connectivity index (χ0v) is 12.0. The lowest BCUT2D eigenvalue weighted by Crippen LogP contribution is -2.18. The Morgan fingerprint density at radius 1 is 1.20 bits per heavy atom. The maximum absolute atomic E-state index is 11.6. The van der Waals surface area contributed by atoms with Crippen LogP contribution in [0.1, 0.15) is 38.7 Å². The highest BCUT2D eigenvalue weighted by molar-refractivity contribution is 5.73. The minimum atomic E-state index is -0.838. The van der Waals surface area contributed by atoms with E-state index in [0.717, 1.165) is 5.56 Å². The maximum Gasteiger partial charge on any atom is 0.306 e. The lowest BCUT2D eigenvalue weighted by molar-refractivity contribution is -0.146. The molecule has 1 aromatic rings. The van der Waals surface area contributed by atoms with Gasteiger partial charge in [0, 0.05) is 6.42 Å². The van der Waals surface area contributed by atoms with Gasteiger partial charge in [-0.05, 0) is 24.3 Å². The highest BCUT2D eigenvalue weighted by Gasteiger charge is 2.20. The summed E-state index contributed by atoms with van der Waals surface area (Å²) in [5.41, 5.74) is 0.929. The molecule has 0 aliphatic rings. The lowest BCUT2D eigenvalue weighted by atomic mass is 9.93. The molecule has 0 radical (unpaired) electrons. The van der Waals surface area contributed by atoms with Crippen LogP contribution in [-0.4, -0.2) is 17.0 Å². The first-order chi connectivity index (χ1) is 9.49. The van der Waals surface area contributed by atoms with E-state index in [1.54, 1.807) is 0 Å². The topological polar surface area (TPSA) is 63.6 Å². The molecule has 0 spiro atoms. The Hall–Kier alpha value is -1.84. The predicted molar refractivity (Wildman–Crippen MR) is 76.1 cm³/mol. The molecule has 0 heterocycles. The predicted octanol–water partition coefficient (Wildman–Crippen LogP) is 3.26. The molecular weight excluding hydrogens is 256 g/mol. The first kappa shape index (κ1) is 16.2. The summed E-state index contributed by atoms with van der Waals surface area (Å²) in [6.07, 6.45) is 1.07. The van der Waals surface area contributed by atoms with Crippen LogP contribution in [-0.2, 0) is 20.9 Å². The van der Waals surface area contributed by atoms with E-state index in [1.807, 2.05) is 44.2 Å². The van der Waals surface area contributed by atoms with E-state index < -0.39 is 11.9 Å². The second kappa shape index (κ2) is 8.35. The van der Waals surface area contributed by atoms with Gasteiger partial charge in [0.05, 0.1) is 5.92 Å². The highest BCUT2D eigenvalue weighted by Crippen LogP contribution is 2.18. The number of carboxylic acid groups (broad SMARTS) is 1. The Balaban J connectivity index is 2.32. The highest BCUT2D eigenvalue weighted by atomic mass is 16.5. The third kappa shape index (κ3) is 6.36. The number of ether oxygens (including phenoxy) is 1. The Morgan fingerprint density at radius 3 is 2.40 bits per heavy atom. The number of esters is 1. The Kier molecular flexibility index (Phi) is 6.77. The Morgan fingerprint density at radius 2 is 1.85 bits per heavy atom. The summed E-state index contributed by atoms with van der Waals surface area (Å²) in [7, 11) is 0. The number of rotatable bonds is 8. The smallest absolute Gasteiger partial charge is 0.306 e. The molecule has 1 rings (SSSR count). The quantitative estimate of drug-likeness (QED) is 0.741. The summed E-state index contributed by atoms with van der Waals surface area (Å²) in [5, 5.41) is 9.09. The van der Waals surface area contributed by atoms with Crippen LogP contribution in [0.25, 0.3) is 0 Å². The number of carboxylic acids is 1. The van der Waals surface area contributed by atoms with Crippen molar-refractivity contribution >= 4 is 11.9 Å². The normalized spacial score (nSPS) is 12.2. The zero-order chi connectivity index (χ0) is 15.0. The fraction of sp³-hybridized carbons (Fsp3) is 0.500. The molecule has 0 aromatic heterocycles. The number of hydrogen-bond donors (Lipinski definition) is 1. The molecule has 4 nitrogen and oxygen atoms in total. The van der Waals surface area contributed by atoms with E-state index in [1.165, 1.54) is 0 Å². The first-order valence-electron chi connectivity index (χ1n) is 6.91. The van der Waals surface area contributed by atoms with Crippen molar-refractivity contribution in [3.8, 4) is 0 Å². The zero-order valence-electron chi connectivity index (χ0n) is 12.0. The molecule has 4 heteroatoms. The molecule has 0 fully saturated rings. The van der Waals surface area contributed by atoms with Gasteiger partial charge in [0.1, 0.15) is 6.61 Å². The summed E-state index contributed by atoms with van der Waals surface area (Å²) >= 11 is 0. The number of carbonyl (C=O) groups is 2. The molecule has 0 bridgehead atoms. The van der Waals surface area contributed by atoms with Crippen molar-refractivity contribution in [1.82, 2.24) is 0 Å². The van der Waals surface area contributed by atoms with Crippen LogP contribution < -0.4 is 0 Å². The molecule has 20 heavy (non-hydrogen) atoms. The molecule has 0 amide bonds. The minimum absolute atomic E-state index is 0.149. The van der Waals surface area contributed by atoms with Crippen LogP contribution in [0.3, 0.4) is 0 Å². The summed E-state index contributed by atoms with van der Waals surface area (Å²) < 4.78 is 5.13. The van der Waals surface area contributed by atoms with E-state index in [2.05, 4.69) is 0 Å². The van der Waals surface area contributed by atoms with Crippen molar-refractivity contribution in [2.45, 2.75) is 39.7 Å². The van der Waals surface area contributed by atoms with Crippen molar-refractivity contribution in [3.63, 3.8) is 0 Å². The van der Waals surface area contributed by atoms with Crippen LogP contribution in [0, 0.1) is 11.8 Å². The van der Waals surface area contributed by atoms with Gasteiger partial charge in [-0.25, -0.2) is 0 Å². The molecule has 110 valence electrons. The summed E-state index contributed by atoms with van der Waals surface area (Å²) in [5.74, 6) is -1.35. The van der Waals surface area contributed by atoms with Gasteiger partial charge in [-0.15, -0.1) is 0 Å². The number of hydrogen-bond acceptors (Lipinski definition) is 3. The van der Waals surface area contributed by atoms with Crippen molar-refractivity contribution in [1.29, 1.82) is 0 Å². The average molecular weight is 278 g/mol. The van der Waals surface area contributed by atoms with E-state index in [0.29, 0.717) is 18.8 Å². The van der Waals surface area contributed by atoms with Crippen LogP contribution in [0.2, 0.25) is 0 Å². The van der Waals surface area contributed by atoms with Crippen LogP contribution in [0.4, 0.5) is 0 Å². The molecule has 1 aromatic carbocycles. The van der Waals surface area contributed by atoms with Crippen molar-refractivity contribution in [2.75, 3.05) is 0 Å². The van der Waals surface area contributed by atoms with Gasteiger partial charge in [0.25, 0.3) is 0 Å². The first-order valence-corrected chi connectivity index (χ1v) is 6.91. The van der Waals surface area contributed by atoms with E-state index in [9.17, 15) is 9.59 Å². The molecule has 0 saturated heterocycles. The van der Waals surface area contributed by atoms with Gasteiger partial charge in [0.15, 0.2) is 0 Å². The lowest BCUT2D eigenvalue weighted by Gasteiger charge is -2.14. The molecule has 1 atom stereocenters. The van der Waals surface area contributed by atoms with E-state index in [4.69, 9.17) is 9.84 Å². The number of carbonyl (C=O) groups excluding carboxylic acids is 1. The van der Waals surface area contributed by atoms with Gasteiger partial charge < -0.3 is 9.84 Å². The van der Waals surface area contributed by atoms with Gasteiger partial charge in [0.2, 0.25) is 0 Å². The third-order valence-electron chi connectivity index (χ3n) is 3.04. The van der Waals surface area contributed by atoms with E-state index in [-0.39, 0.29) is 19.0 Å². The van der Waals surface area contributed by atoms with Gasteiger partial charge in [-0.3, -0.25) is 9.59 Å². The second-order valence-corrected chi connectivity index (χ2v) is 5.35. The average Bonchev–Trinajstić information content (AvgIpc) is 2.41. The van der Waals surface area contributed by atoms with Crippen LogP contribution in [0.5, 0.6) is 0 Å². The summed E-state index contributed by atoms with van der Waals surface area (Å²) in [6, 6.07) is 9.42. The van der Waals surface area contributed by atoms with Crippen molar-refractivity contribution < 1.29 is 19.4 Å².